The second-order valence-corrected chi connectivity index (χ2v) is 9.82. The van der Waals surface area contributed by atoms with E-state index in [1.165, 1.54) is 11.8 Å². The Morgan fingerprint density at radius 3 is 2.67 bits per heavy atom. The van der Waals surface area contributed by atoms with Crippen molar-refractivity contribution in [1.82, 2.24) is 25.5 Å². The SMILES string of the molecule is CCCCNC(=O)CSc1nc(Cl)cc(N2CCN(C(=O)NC(C)(C)C)C(C)C2)n1. The van der Waals surface area contributed by atoms with Crippen LogP contribution < -0.4 is 15.5 Å². The molecule has 2 N–H and O–H groups in total. The van der Waals surface area contributed by atoms with E-state index in [1.807, 2.05) is 32.6 Å². The molecule has 0 aliphatic carbocycles. The minimum atomic E-state index is -0.275. The van der Waals surface area contributed by atoms with E-state index in [2.05, 4.69) is 32.4 Å². The maximum Gasteiger partial charge on any atom is 0.318 e. The van der Waals surface area contributed by atoms with Gasteiger partial charge in [0.25, 0.3) is 0 Å². The fourth-order valence-electron chi connectivity index (χ4n) is 3.06. The van der Waals surface area contributed by atoms with Gasteiger partial charge in [-0.25, -0.2) is 14.8 Å². The summed E-state index contributed by atoms with van der Waals surface area (Å²) >= 11 is 7.48. The van der Waals surface area contributed by atoms with Crippen LogP contribution in [0.1, 0.15) is 47.5 Å². The number of nitrogens with one attached hydrogen (secondary N) is 2. The van der Waals surface area contributed by atoms with Gasteiger partial charge in [0.1, 0.15) is 11.0 Å². The lowest BCUT2D eigenvalue weighted by molar-refractivity contribution is -0.118. The number of nitrogens with zero attached hydrogens (tertiary/aromatic N) is 4. The average molecular weight is 457 g/mol. The van der Waals surface area contributed by atoms with Crippen LogP contribution in [0.4, 0.5) is 10.6 Å². The average Bonchev–Trinajstić information content (AvgIpc) is 2.64. The third-order valence-electron chi connectivity index (χ3n) is 4.54. The minimum absolute atomic E-state index is 0.0234. The molecule has 1 fully saturated rings. The van der Waals surface area contributed by atoms with Crippen molar-refractivity contribution in [2.45, 2.75) is 64.2 Å². The lowest BCUT2D eigenvalue weighted by atomic mass is 10.1. The van der Waals surface area contributed by atoms with Crippen molar-refractivity contribution in [3.05, 3.63) is 11.2 Å². The number of piperazine rings is 1. The predicted octanol–water partition coefficient (Wildman–Crippen LogP) is 3.16. The van der Waals surface area contributed by atoms with E-state index in [4.69, 9.17) is 11.6 Å². The van der Waals surface area contributed by atoms with E-state index in [-0.39, 0.29) is 29.3 Å². The number of rotatable bonds is 7. The molecule has 168 valence electrons. The lowest BCUT2D eigenvalue weighted by Crippen LogP contribution is -2.59. The van der Waals surface area contributed by atoms with Crippen LogP contribution in [0, 0.1) is 0 Å². The summed E-state index contributed by atoms with van der Waals surface area (Å²) < 4.78 is 0. The molecule has 1 aromatic rings. The number of carbonyl (C=O) groups excluding carboxylic acids is 2. The summed E-state index contributed by atoms with van der Waals surface area (Å²) in [6.07, 6.45) is 2.00. The second-order valence-electron chi connectivity index (χ2n) is 8.49. The van der Waals surface area contributed by atoms with Gasteiger partial charge < -0.3 is 20.4 Å². The number of anilines is 1. The fraction of sp³-hybridized carbons (Fsp3) is 0.700. The Kier molecular flexibility index (Phi) is 9.03. The van der Waals surface area contributed by atoms with Crippen LogP contribution in [0.15, 0.2) is 11.2 Å². The third kappa shape index (κ3) is 7.83. The first-order chi connectivity index (χ1) is 14.1. The summed E-state index contributed by atoms with van der Waals surface area (Å²) in [6.45, 7) is 12.6. The molecule has 1 atom stereocenters. The van der Waals surface area contributed by atoms with Crippen molar-refractivity contribution < 1.29 is 9.59 Å². The molecule has 0 saturated carbocycles. The van der Waals surface area contributed by atoms with Crippen molar-refractivity contribution in [2.75, 3.05) is 36.8 Å². The van der Waals surface area contributed by atoms with Crippen molar-refractivity contribution >= 4 is 41.1 Å². The van der Waals surface area contributed by atoms with E-state index in [9.17, 15) is 9.59 Å². The number of hydrogen-bond acceptors (Lipinski definition) is 6. The molecule has 3 amide bonds. The molecule has 1 saturated heterocycles. The maximum absolute atomic E-state index is 12.5. The molecule has 1 aliphatic heterocycles. The number of hydrogen-bond donors (Lipinski definition) is 2. The van der Waals surface area contributed by atoms with Crippen LogP contribution in [0.2, 0.25) is 5.15 Å². The molecule has 2 rings (SSSR count). The highest BCUT2D eigenvalue weighted by atomic mass is 35.5. The molecule has 1 aliphatic rings. The Labute approximate surface area is 188 Å². The van der Waals surface area contributed by atoms with Gasteiger partial charge in [-0.2, -0.15) is 0 Å². The molecule has 10 heteroatoms. The largest absolute Gasteiger partial charge is 0.355 e. The Morgan fingerprint density at radius 2 is 2.03 bits per heavy atom. The van der Waals surface area contributed by atoms with Crippen molar-refractivity contribution in [2.24, 2.45) is 0 Å². The van der Waals surface area contributed by atoms with Gasteiger partial charge in [-0.15, -0.1) is 0 Å². The van der Waals surface area contributed by atoms with Crippen LogP contribution in [0.5, 0.6) is 0 Å². The van der Waals surface area contributed by atoms with Crippen LogP contribution in [-0.4, -0.2) is 70.3 Å². The van der Waals surface area contributed by atoms with E-state index in [1.54, 1.807) is 6.07 Å². The number of carbonyl (C=O) groups is 2. The summed E-state index contributed by atoms with van der Waals surface area (Å²) in [4.78, 5) is 37.2. The highest BCUT2D eigenvalue weighted by molar-refractivity contribution is 7.99. The quantitative estimate of drug-likeness (QED) is 0.283. The summed E-state index contributed by atoms with van der Waals surface area (Å²) in [7, 11) is 0. The summed E-state index contributed by atoms with van der Waals surface area (Å²) in [6, 6.07) is 1.70. The van der Waals surface area contributed by atoms with E-state index in [0.29, 0.717) is 42.3 Å². The Bertz CT molecular complexity index is 742. The number of halogens is 1. The Hall–Kier alpha value is -1.74. The Balaban J connectivity index is 1.96. The molecule has 0 aromatic carbocycles. The van der Waals surface area contributed by atoms with Gasteiger partial charge in [0, 0.05) is 43.8 Å². The van der Waals surface area contributed by atoms with Crippen molar-refractivity contribution in [1.29, 1.82) is 0 Å². The molecular formula is C20H33ClN6O2S. The lowest BCUT2D eigenvalue weighted by Gasteiger charge is -2.41. The number of urea groups is 1. The Morgan fingerprint density at radius 1 is 1.30 bits per heavy atom. The predicted molar refractivity (Wildman–Crippen MR) is 122 cm³/mol. The first-order valence-electron chi connectivity index (χ1n) is 10.4. The normalized spacial score (nSPS) is 17.1. The highest BCUT2D eigenvalue weighted by Crippen LogP contribution is 2.24. The van der Waals surface area contributed by atoms with Gasteiger partial charge in [-0.05, 0) is 34.1 Å². The molecule has 1 unspecified atom stereocenters. The second kappa shape index (κ2) is 11.0. The highest BCUT2D eigenvalue weighted by Gasteiger charge is 2.30. The molecule has 0 bridgehead atoms. The standard InChI is InChI=1S/C20H33ClN6O2S/c1-6-7-8-22-17(28)13-30-18-23-15(21)11-16(24-18)26-9-10-27(14(2)12-26)19(29)25-20(3,4)5/h11,14H,6-10,12-13H2,1-5H3,(H,22,28)(H,25,29). The smallest absolute Gasteiger partial charge is 0.318 e. The monoisotopic (exact) mass is 456 g/mol. The van der Waals surface area contributed by atoms with Crippen LogP contribution in [0.25, 0.3) is 0 Å². The van der Waals surface area contributed by atoms with Crippen LogP contribution >= 0.6 is 23.4 Å². The summed E-state index contributed by atoms with van der Waals surface area (Å²) in [5, 5.41) is 6.72. The van der Waals surface area contributed by atoms with Gasteiger partial charge in [0.05, 0.1) is 5.75 Å². The number of aromatic nitrogens is 2. The van der Waals surface area contributed by atoms with E-state index in [0.717, 1.165) is 12.8 Å². The third-order valence-corrected chi connectivity index (χ3v) is 5.58. The van der Waals surface area contributed by atoms with Gasteiger partial charge >= 0.3 is 6.03 Å². The number of amides is 3. The minimum Gasteiger partial charge on any atom is -0.355 e. The van der Waals surface area contributed by atoms with E-state index >= 15 is 0 Å². The molecule has 2 heterocycles. The summed E-state index contributed by atoms with van der Waals surface area (Å²) in [5.41, 5.74) is -0.275. The van der Waals surface area contributed by atoms with Crippen molar-refractivity contribution in [3.63, 3.8) is 0 Å². The zero-order valence-electron chi connectivity index (χ0n) is 18.5. The van der Waals surface area contributed by atoms with Gasteiger partial charge in [0.2, 0.25) is 5.91 Å². The van der Waals surface area contributed by atoms with Crippen LogP contribution in [-0.2, 0) is 4.79 Å². The van der Waals surface area contributed by atoms with Crippen LogP contribution in [0.3, 0.4) is 0 Å². The molecule has 0 radical (unpaired) electrons. The molecule has 1 aromatic heterocycles. The summed E-state index contributed by atoms with van der Waals surface area (Å²) in [5.74, 6) is 0.929. The van der Waals surface area contributed by atoms with Gasteiger partial charge in [-0.1, -0.05) is 36.7 Å². The number of thioether (sulfide) groups is 1. The zero-order chi connectivity index (χ0) is 22.3. The first-order valence-corrected chi connectivity index (χ1v) is 11.7. The zero-order valence-corrected chi connectivity index (χ0v) is 20.1. The molecule has 8 nitrogen and oxygen atoms in total. The fourth-order valence-corrected chi connectivity index (χ4v) is 3.97. The number of unbranched alkanes of at least 4 members (excludes halogenated alkanes) is 1. The topological polar surface area (TPSA) is 90.5 Å². The van der Waals surface area contributed by atoms with E-state index < -0.39 is 0 Å². The molecule has 0 spiro atoms. The molecule has 30 heavy (non-hydrogen) atoms. The maximum atomic E-state index is 12.5. The van der Waals surface area contributed by atoms with Crippen molar-refractivity contribution in [3.8, 4) is 0 Å². The first kappa shape index (κ1) is 24.5. The molecular weight excluding hydrogens is 424 g/mol. The van der Waals surface area contributed by atoms with Gasteiger partial charge in [-0.3, -0.25) is 4.79 Å². The van der Waals surface area contributed by atoms with Gasteiger partial charge in [0.15, 0.2) is 5.16 Å².